The van der Waals surface area contributed by atoms with Crippen molar-refractivity contribution in [3.05, 3.63) is 62.0 Å². The van der Waals surface area contributed by atoms with Crippen molar-refractivity contribution in [3.8, 4) is 0 Å². The number of hydrogen-bond donors (Lipinski definition) is 2. The van der Waals surface area contributed by atoms with Crippen LogP contribution in [-0.2, 0) is 19.4 Å². The van der Waals surface area contributed by atoms with Crippen LogP contribution in [0.2, 0.25) is 0 Å². The van der Waals surface area contributed by atoms with Crippen LogP contribution in [0.5, 0.6) is 0 Å². The summed E-state index contributed by atoms with van der Waals surface area (Å²) < 4.78 is 0. The fourth-order valence-electron chi connectivity index (χ4n) is 3.74. The van der Waals surface area contributed by atoms with Crippen molar-refractivity contribution >= 4 is 21.6 Å². The van der Waals surface area contributed by atoms with Gasteiger partial charge in [-0.25, -0.2) is 4.98 Å². The lowest BCUT2D eigenvalue weighted by Crippen LogP contribution is -2.24. The number of nitrogens with one attached hydrogen (secondary N) is 2. The molecule has 0 spiro atoms. The summed E-state index contributed by atoms with van der Waals surface area (Å²) in [6.07, 6.45) is 3.24. The number of nitrogens with zero attached hydrogens (tertiary/aromatic N) is 1. The molecule has 136 valence electrons. The Kier molecular flexibility index (Phi) is 4.67. The quantitative estimate of drug-likeness (QED) is 0.724. The molecule has 0 amide bonds. The first kappa shape index (κ1) is 17.4. The first-order chi connectivity index (χ1) is 12.5. The SMILES string of the molecule is Cc1ccccc1CN[C@@H](C)c1nc2sc3c(c2c(=O)[nH]1)CC[C@H](C)C3. The highest BCUT2D eigenvalue weighted by Crippen LogP contribution is 2.35. The van der Waals surface area contributed by atoms with Crippen LogP contribution in [0, 0.1) is 12.8 Å². The maximum absolute atomic E-state index is 12.7. The molecule has 1 aromatic carbocycles. The highest BCUT2D eigenvalue weighted by atomic mass is 32.1. The predicted octanol–water partition coefficient (Wildman–Crippen LogP) is 4.27. The second kappa shape index (κ2) is 6.97. The molecule has 0 saturated carbocycles. The van der Waals surface area contributed by atoms with E-state index in [4.69, 9.17) is 4.98 Å². The Hall–Kier alpha value is -1.98. The van der Waals surface area contributed by atoms with Gasteiger partial charge in [0, 0.05) is 11.4 Å². The Morgan fingerprint density at radius 2 is 2.19 bits per heavy atom. The average Bonchev–Trinajstić information content (AvgIpc) is 2.98. The largest absolute Gasteiger partial charge is 0.309 e. The Morgan fingerprint density at radius 3 is 3.00 bits per heavy atom. The molecule has 2 heterocycles. The lowest BCUT2D eigenvalue weighted by Gasteiger charge is -2.17. The van der Waals surface area contributed by atoms with Gasteiger partial charge in [0.15, 0.2) is 0 Å². The number of aromatic nitrogens is 2. The molecular weight excluding hydrogens is 342 g/mol. The highest BCUT2D eigenvalue weighted by Gasteiger charge is 2.23. The molecule has 4 rings (SSSR count). The summed E-state index contributed by atoms with van der Waals surface area (Å²) in [5, 5.41) is 4.31. The van der Waals surface area contributed by atoms with E-state index >= 15 is 0 Å². The topological polar surface area (TPSA) is 57.8 Å². The van der Waals surface area contributed by atoms with Crippen LogP contribution in [-0.4, -0.2) is 9.97 Å². The molecule has 4 nitrogen and oxygen atoms in total. The minimum atomic E-state index is -0.00948. The second-order valence-electron chi connectivity index (χ2n) is 7.51. The maximum Gasteiger partial charge on any atom is 0.259 e. The van der Waals surface area contributed by atoms with Crippen LogP contribution in [0.3, 0.4) is 0 Å². The summed E-state index contributed by atoms with van der Waals surface area (Å²) in [7, 11) is 0. The van der Waals surface area contributed by atoms with Gasteiger partial charge in [0.05, 0.1) is 11.4 Å². The summed E-state index contributed by atoms with van der Waals surface area (Å²) in [5.41, 5.74) is 3.79. The van der Waals surface area contributed by atoms with E-state index in [1.54, 1.807) is 11.3 Å². The molecule has 26 heavy (non-hydrogen) atoms. The van der Waals surface area contributed by atoms with Gasteiger partial charge in [-0.2, -0.15) is 0 Å². The standard InChI is InChI=1S/C21H25N3OS/c1-12-8-9-16-17(10-12)26-21-18(16)20(25)23-19(24-21)14(3)22-11-15-7-5-4-6-13(15)2/h4-7,12,14,22H,8-11H2,1-3H3,(H,23,24,25)/t12-,14-/m0/s1. The Morgan fingerprint density at radius 1 is 1.38 bits per heavy atom. The molecular formula is C21H25N3OS. The van der Waals surface area contributed by atoms with E-state index in [0.717, 1.165) is 41.8 Å². The van der Waals surface area contributed by atoms with E-state index in [2.05, 4.69) is 55.3 Å². The zero-order chi connectivity index (χ0) is 18.3. The first-order valence-electron chi connectivity index (χ1n) is 9.35. The fourth-order valence-corrected chi connectivity index (χ4v) is 5.13. The molecule has 1 aliphatic rings. The summed E-state index contributed by atoms with van der Waals surface area (Å²) in [6, 6.07) is 8.34. The smallest absolute Gasteiger partial charge is 0.259 e. The van der Waals surface area contributed by atoms with E-state index < -0.39 is 0 Å². The second-order valence-corrected chi connectivity index (χ2v) is 8.60. The third-order valence-electron chi connectivity index (χ3n) is 5.45. The lowest BCUT2D eigenvalue weighted by molar-refractivity contribution is 0.509. The van der Waals surface area contributed by atoms with Crippen molar-refractivity contribution in [1.29, 1.82) is 0 Å². The van der Waals surface area contributed by atoms with E-state index in [0.29, 0.717) is 5.92 Å². The molecule has 1 aliphatic carbocycles. The maximum atomic E-state index is 12.7. The summed E-state index contributed by atoms with van der Waals surface area (Å²) in [5.74, 6) is 1.42. The number of fused-ring (bicyclic) bond motifs is 3. The molecule has 2 N–H and O–H groups in total. The number of aromatic amines is 1. The van der Waals surface area contributed by atoms with Crippen molar-refractivity contribution in [2.45, 2.75) is 52.6 Å². The number of hydrogen-bond acceptors (Lipinski definition) is 4. The van der Waals surface area contributed by atoms with Gasteiger partial charge >= 0.3 is 0 Å². The van der Waals surface area contributed by atoms with Crippen molar-refractivity contribution < 1.29 is 0 Å². The van der Waals surface area contributed by atoms with Gasteiger partial charge in [0.1, 0.15) is 10.7 Å². The highest BCUT2D eigenvalue weighted by molar-refractivity contribution is 7.18. The molecule has 0 bridgehead atoms. The van der Waals surface area contributed by atoms with Gasteiger partial charge in [-0.05, 0) is 55.7 Å². The Labute approximate surface area is 157 Å². The molecule has 0 fully saturated rings. The van der Waals surface area contributed by atoms with Crippen molar-refractivity contribution in [1.82, 2.24) is 15.3 Å². The summed E-state index contributed by atoms with van der Waals surface area (Å²) in [4.78, 5) is 22.8. The molecule has 0 unspecified atom stereocenters. The third-order valence-corrected chi connectivity index (χ3v) is 6.60. The summed E-state index contributed by atoms with van der Waals surface area (Å²) >= 11 is 1.71. The number of H-pyrrole nitrogens is 1. The molecule has 0 radical (unpaired) electrons. The van der Waals surface area contributed by atoms with Crippen LogP contribution >= 0.6 is 11.3 Å². The van der Waals surface area contributed by atoms with Crippen molar-refractivity contribution in [2.24, 2.45) is 5.92 Å². The number of rotatable bonds is 4. The van der Waals surface area contributed by atoms with Gasteiger partial charge < -0.3 is 10.3 Å². The summed E-state index contributed by atoms with van der Waals surface area (Å²) in [6.45, 7) is 7.21. The zero-order valence-corrected chi connectivity index (χ0v) is 16.4. The minimum Gasteiger partial charge on any atom is -0.309 e. The van der Waals surface area contributed by atoms with E-state index in [1.165, 1.54) is 21.6 Å². The van der Waals surface area contributed by atoms with Gasteiger partial charge in [-0.3, -0.25) is 4.79 Å². The molecule has 2 aromatic heterocycles. The van der Waals surface area contributed by atoms with Crippen LogP contribution in [0.25, 0.3) is 10.2 Å². The lowest BCUT2D eigenvalue weighted by atomic mass is 9.89. The monoisotopic (exact) mass is 367 g/mol. The zero-order valence-electron chi connectivity index (χ0n) is 15.6. The van der Waals surface area contributed by atoms with Gasteiger partial charge in [0.25, 0.3) is 5.56 Å². The van der Waals surface area contributed by atoms with Gasteiger partial charge in [0.2, 0.25) is 0 Å². The van der Waals surface area contributed by atoms with Crippen molar-refractivity contribution in [2.75, 3.05) is 0 Å². The number of aryl methyl sites for hydroxylation is 2. The molecule has 5 heteroatoms. The minimum absolute atomic E-state index is 0.00948. The Bertz CT molecular complexity index is 1000. The van der Waals surface area contributed by atoms with Crippen LogP contribution in [0.15, 0.2) is 29.1 Å². The first-order valence-corrected chi connectivity index (χ1v) is 10.2. The number of thiophene rings is 1. The normalized spacial score (nSPS) is 18.0. The molecule has 2 atom stereocenters. The Balaban J connectivity index is 1.61. The van der Waals surface area contributed by atoms with Crippen LogP contribution < -0.4 is 10.9 Å². The van der Waals surface area contributed by atoms with Gasteiger partial charge in [-0.15, -0.1) is 11.3 Å². The molecule has 0 saturated heterocycles. The third kappa shape index (κ3) is 3.21. The predicted molar refractivity (Wildman–Crippen MR) is 108 cm³/mol. The van der Waals surface area contributed by atoms with Crippen LogP contribution in [0.4, 0.5) is 0 Å². The van der Waals surface area contributed by atoms with Gasteiger partial charge in [-0.1, -0.05) is 31.2 Å². The molecule has 3 aromatic rings. The van der Waals surface area contributed by atoms with Crippen molar-refractivity contribution in [3.63, 3.8) is 0 Å². The van der Waals surface area contributed by atoms with E-state index in [9.17, 15) is 4.79 Å². The van der Waals surface area contributed by atoms with E-state index in [1.807, 2.05) is 0 Å². The van der Waals surface area contributed by atoms with Crippen LogP contribution in [0.1, 0.15) is 53.7 Å². The molecule has 0 aliphatic heterocycles. The average molecular weight is 368 g/mol. The number of benzene rings is 1. The fraction of sp³-hybridized carbons (Fsp3) is 0.429. The van der Waals surface area contributed by atoms with E-state index in [-0.39, 0.29) is 11.6 Å².